The van der Waals surface area contributed by atoms with E-state index in [0.29, 0.717) is 17.5 Å². The van der Waals surface area contributed by atoms with Gasteiger partial charge in [-0.2, -0.15) is 0 Å². The van der Waals surface area contributed by atoms with Crippen LogP contribution in [0.5, 0.6) is 0 Å². The highest BCUT2D eigenvalue weighted by molar-refractivity contribution is 6.32. The Labute approximate surface area is 219 Å². The van der Waals surface area contributed by atoms with Gasteiger partial charge in [-0.15, -0.1) is 0 Å². The van der Waals surface area contributed by atoms with Gasteiger partial charge in [0.15, 0.2) is 0 Å². The number of aromatic nitrogens is 2. The van der Waals surface area contributed by atoms with Crippen LogP contribution >= 0.6 is 11.6 Å². The molecule has 0 radical (unpaired) electrons. The molecule has 0 N–H and O–H groups in total. The van der Waals surface area contributed by atoms with Crippen LogP contribution in [0.4, 0.5) is 11.6 Å². The van der Waals surface area contributed by atoms with Crippen molar-refractivity contribution in [2.24, 2.45) is 5.92 Å². The second-order valence-corrected chi connectivity index (χ2v) is 10.4. The highest BCUT2D eigenvalue weighted by atomic mass is 35.5. The van der Waals surface area contributed by atoms with Crippen LogP contribution in [0.3, 0.4) is 0 Å². The number of piperazine rings is 2. The number of anilines is 2. The number of nitrogens with zero attached hydrogens (tertiary/aromatic N) is 6. The average molecular weight is 507 g/mol. The van der Waals surface area contributed by atoms with E-state index in [1.54, 1.807) is 6.20 Å². The number of hydrogen-bond donors (Lipinski definition) is 0. The van der Waals surface area contributed by atoms with Gasteiger partial charge >= 0.3 is 0 Å². The molecule has 2 aromatic heterocycles. The number of pyridine rings is 2. The van der Waals surface area contributed by atoms with Crippen LogP contribution in [0.25, 0.3) is 0 Å². The maximum atomic E-state index is 13.6. The van der Waals surface area contributed by atoms with Gasteiger partial charge in [0.2, 0.25) is 0 Å². The van der Waals surface area contributed by atoms with E-state index < -0.39 is 0 Å². The Hall–Kier alpha value is -2.90. The van der Waals surface area contributed by atoms with Crippen LogP contribution in [0, 0.1) is 5.92 Å². The first-order chi connectivity index (χ1) is 17.5. The first-order valence-electron chi connectivity index (χ1n) is 12.9. The van der Waals surface area contributed by atoms with Crippen molar-refractivity contribution in [1.82, 2.24) is 19.8 Å². The van der Waals surface area contributed by atoms with Crippen molar-refractivity contribution < 1.29 is 4.79 Å². The topological polar surface area (TPSA) is 55.8 Å². The van der Waals surface area contributed by atoms with Crippen molar-refractivity contribution in [3.63, 3.8) is 0 Å². The number of carbonyl (C=O) groups excluding carboxylic acids is 1. The summed E-state index contributed by atoms with van der Waals surface area (Å²) < 4.78 is 0. The molecule has 7 nitrogen and oxygen atoms in total. The second kappa shape index (κ2) is 11.0. The number of halogens is 1. The molecule has 2 fully saturated rings. The van der Waals surface area contributed by atoms with Crippen LogP contribution in [0.15, 0.2) is 66.0 Å². The standard InChI is InChI=1S/C28H35ClN6O/c1-21-8-9-23(20-32-12-14-33(15-13-32)27-25(29)6-5-11-31-27)18-24(21)28(36)35-17-16-34(19-22(35)2)26-7-3-4-10-30-26/h3-8,10-11,18,22-23H,9,12-17,19-20H2,1-2H3. The van der Waals surface area contributed by atoms with Crippen molar-refractivity contribution in [3.05, 3.63) is 71.0 Å². The zero-order valence-corrected chi connectivity index (χ0v) is 21.9. The van der Waals surface area contributed by atoms with Gasteiger partial charge in [0.25, 0.3) is 5.91 Å². The first kappa shape index (κ1) is 24.8. The van der Waals surface area contributed by atoms with E-state index in [2.05, 4.69) is 50.7 Å². The molecule has 2 aromatic rings. The van der Waals surface area contributed by atoms with Crippen LogP contribution in [-0.4, -0.2) is 84.1 Å². The molecule has 190 valence electrons. The molecule has 1 amide bonds. The molecule has 0 spiro atoms. The molecular formula is C28H35ClN6O. The third-order valence-electron chi connectivity index (χ3n) is 7.55. The van der Waals surface area contributed by atoms with Crippen molar-refractivity contribution in [2.75, 3.05) is 62.2 Å². The smallest absolute Gasteiger partial charge is 0.254 e. The summed E-state index contributed by atoms with van der Waals surface area (Å²) in [6.07, 6.45) is 9.09. The van der Waals surface area contributed by atoms with Crippen molar-refractivity contribution in [3.8, 4) is 0 Å². The predicted molar refractivity (Wildman–Crippen MR) is 145 cm³/mol. The van der Waals surface area contributed by atoms with Gasteiger partial charge in [-0.05, 0) is 56.0 Å². The molecule has 2 unspecified atom stereocenters. The SMILES string of the molecule is CC1=CCC(CN2CCN(c3ncccc3Cl)CC2)C=C1C(=O)N1CCN(c2ccccn2)CC1C. The van der Waals surface area contributed by atoms with Crippen LogP contribution in [0.1, 0.15) is 20.3 Å². The quantitative estimate of drug-likeness (QED) is 0.613. The Kier molecular flexibility index (Phi) is 7.58. The molecule has 0 saturated carbocycles. The minimum atomic E-state index is 0.133. The van der Waals surface area contributed by atoms with Gasteiger partial charge in [0.1, 0.15) is 11.6 Å². The summed E-state index contributed by atoms with van der Waals surface area (Å²) in [5, 5.41) is 0.708. The summed E-state index contributed by atoms with van der Waals surface area (Å²) in [4.78, 5) is 31.7. The molecule has 2 saturated heterocycles. The molecule has 8 heteroatoms. The van der Waals surface area contributed by atoms with Crippen LogP contribution < -0.4 is 9.80 Å². The van der Waals surface area contributed by atoms with Gasteiger partial charge in [0, 0.05) is 76.4 Å². The van der Waals surface area contributed by atoms with Gasteiger partial charge in [-0.25, -0.2) is 9.97 Å². The van der Waals surface area contributed by atoms with Gasteiger partial charge in [0.05, 0.1) is 5.02 Å². The molecule has 1 aliphatic carbocycles. The molecule has 36 heavy (non-hydrogen) atoms. The van der Waals surface area contributed by atoms with E-state index in [9.17, 15) is 4.79 Å². The predicted octanol–water partition coefficient (Wildman–Crippen LogP) is 3.88. The number of rotatable bonds is 5. The van der Waals surface area contributed by atoms with E-state index in [1.807, 2.05) is 41.4 Å². The maximum absolute atomic E-state index is 13.6. The van der Waals surface area contributed by atoms with E-state index in [0.717, 1.165) is 75.0 Å². The molecule has 2 atom stereocenters. The Morgan fingerprint density at radius 1 is 1.00 bits per heavy atom. The summed E-state index contributed by atoms with van der Waals surface area (Å²) in [5.74, 6) is 2.37. The van der Waals surface area contributed by atoms with Crippen molar-refractivity contribution in [2.45, 2.75) is 26.3 Å². The number of carbonyl (C=O) groups is 1. The number of amides is 1. The van der Waals surface area contributed by atoms with E-state index in [4.69, 9.17) is 11.6 Å². The molecule has 0 aromatic carbocycles. The number of allylic oxidation sites excluding steroid dienone is 1. The Bertz CT molecular complexity index is 1130. The fourth-order valence-electron chi connectivity index (χ4n) is 5.49. The largest absolute Gasteiger partial charge is 0.353 e. The molecule has 5 rings (SSSR count). The number of hydrogen-bond acceptors (Lipinski definition) is 6. The normalized spacial score (nSPS) is 23.4. The lowest BCUT2D eigenvalue weighted by Gasteiger charge is -2.41. The van der Waals surface area contributed by atoms with E-state index >= 15 is 0 Å². The molecule has 4 heterocycles. The highest BCUT2D eigenvalue weighted by Crippen LogP contribution is 2.28. The van der Waals surface area contributed by atoms with E-state index in [-0.39, 0.29) is 11.9 Å². The molecular weight excluding hydrogens is 472 g/mol. The van der Waals surface area contributed by atoms with Gasteiger partial charge < -0.3 is 14.7 Å². The lowest BCUT2D eigenvalue weighted by atomic mass is 9.89. The maximum Gasteiger partial charge on any atom is 0.254 e. The van der Waals surface area contributed by atoms with Crippen LogP contribution in [0.2, 0.25) is 5.02 Å². The van der Waals surface area contributed by atoms with E-state index in [1.165, 1.54) is 0 Å². The lowest BCUT2D eigenvalue weighted by molar-refractivity contribution is -0.129. The Balaban J connectivity index is 1.18. The summed E-state index contributed by atoms with van der Waals surface area (Å²) in [7, 11) is 0. The lowest BCUT2D eigenvalue weighted by Crippen LogP contribution is -2.54. The average Bonchev–Trinajstić information content (AvgIpc) is 2.91. The monoisotopic (exact) mass is 506 g/mol. The third-order valence-corrected chi connectivity index (χ3v) is 7.84. The summed E-state index contributed by atoms with van der Waals surface area (Å²) in [6.45, 7) is 11.2. The zero-order chi connectivity index (χ0) is 25.1. The molecule has 0 bridgehead atoms. The highest BCUT2D eigenvalue weighted by Gasteiger charge is 2.32. The first-order valence-corrected chi connectivity index (χ1v) is 13.3. The zero-order valence-electron chi connectivity index (χ0n) is 21.2. The van der Waals surface area contributed by atoms with Gasteiger partial charge in [-0.1, -0.05) is 29.8 Å². The second-order valence-electron chi connectivity index (χ2n) is 10.0. The van der Waals surface area contributed by atoms with Crippen molar-refractivity contribution in [1.29, 1.82) is 0 Å². The third kappa shape index (κ3) is 5.42. The molecule has 3 aliphatic rings. The summed E-state index contributed by atoms with van der Waals surface area (Å²) in [6, 6.07) is 9.88. The summed E-state index contributed by atoms with van der Waals surface area (Å²) >= 11 is 6.35. The van der Waals surface area contributed by atoms with Crippen molar-refractivity contribution >= 4 is 29.1 Å². The Morgan fingerprint density at radius 2 is 1.78 bits per heavy atom. The fourth-order valence-corrected chi connectivity index (χ4v) is 5.73. The molecule has 2 aliphatic heterocycles. The van der Waals surface area contributed by atoms with Gasteiger partial charge in [-0.3, -0.25) is 9.69 Å². The summed E-state index contributed by atoms with van der Waals surface area (Å²) in [5.41, 5.74) is 1.98. The minimum absolute atomic E-state index is 0.133. The van der Waals surface area contributed by atoms with Crippen LogP contribution in [-0.2, 0) is 4.79 Å². The Morgan fingerprint density at radius 3 is 2.50 bits per heavy atom. The minimum Gasteiger partial charge on any atom is -0.353 e. The fraction of sp³-hybridized carbons (Fsp3) is 0.464.